The first-order valence-electron chi connectivity index (χ1n) is 6.56. The smallest absolute Gasteiger partial charge is 0.130 e. The van der Waals surface area contributed by atoms with Crippen LogP contribution in [0.15, 0.2) is 67.0 Å². The van der Waals surface area contributed by atoms with Gasteiger partial charge in [-0.15, -0.1) is 0 Å². The van der Waals surface area contributed by atoms with Gasteiger partial charge in [-0.1, -0.05) is 24.3 Å². The van der Waals surface area contributed by atoms with Crippen molar-refractivity contribution < 1.29 is 4.74 Å². The van der Waals surface area contributed by atoms with E-state index in [4.69, 9.17) is 16.2 Å². The maximum absolute atomic E-state index is 6.01. The lowest BCUT2D eigenvalue weighted by molar-refractivity contribution is 0.482. The number of nitrogens with two attached hydrogens (primary N) is 2. The molecule has 3 rings (SSSR count). The number of rotatable bonds is 3. The molecule has 0 aliphatic rings. The predicted molar refractivity (Wildman–Crippen MR) is 85.0 cm³/mol. The van der Waals surface area contributed by atoms with E-state index in [0.717, 1.165) is 22.6 Å². The van der Waals surface area contributed by atoms with E-state index in [1.165, 1.54) is 0 Å². The lowest BCUT2D eigenvalue weighted by Crippen LogP contribution is -1.96. The van der Waals surface area contributed by atoms with Crippen molar-refractivity contribution in [1.82, 2.24) is 4.98 Å². The fourth-order valence-corrected chi connectivity index (χ4v) is 2.08. The first-order chi connectivity index (χ1) is 10.2. The minimum Gasteiger partial charge on any atom is -0.457 e. The standard InChI is InChI=1S/C17H15N3O/c18-16-3-1-2-15(17(16)19)12-4-6-13(7-5-12)21-14-8-10-20-11-9-14/h1-11H,18-19H2. The molecule has 104 valence electrons. The van der Waals surface area contributed by atoms with Gasteiger partial charge in [0.25, 0.3) is 0 Å². The van der Waals surface area contributed by atoms with Crippen LogP contribution < -0.4 is 16.2 Å². The molecule has 4 heteroatoms. The molecule has 0 amide bonds. The van der Waals surface area contributed by atoms with Gasteiger partial charge in [-0.25, -0.2) is 0 Å². The van der Waals surface area contributed by atoms with Gasteiger partial charge in [0.1, 0.15) is 11.5 Å². The number of hydrogen-bond acceptors (Lipinski definition) is 4. The first kappa shape index (κ1) is 13.0. The number of para-hydroxylation sites is 1. The Hall–Kier alpha value is -3.01. The summed E-state index contributed by atoms with van der Waals surface area (Å²) < 4.78 is 5.73. The van der Waals surface area contributed by atoms with Gasteiger partial charge in [-0.3, -0.25) is 4.98 Å². The molecule has 1 heterocycles. The Morgan fingerprint density at radius 3 is 2.14 bits per heavy atom. The van der Waals surface area contributed by atoms with Crippen LogP contribution in [0.1, 0.15) is 0 Å². The normalized spacial score (nSPS) is 10.3. The number of ether oxygens (including phenoxy) is 1. The monoisotopic (exact) mass is 277 g/mol. The number of nitrogen functional groups attached to an aromatic ring is 2. The van der Waals surface area contributed by atoms with Crippen LogP contribution in [0.2, 0.25) is 0 Å². The maximum Gasteiger partial charge on any atom is 0.130 e. The number of anilines is 2. The SMILES string of the molecule is Nc1cccc(-c2ccc(Oc3ccncc3)cc2)c1N. The van der Waals surface area contributed by atoms with Gasteiger partial charge in [0.05, 0.1) is 11.4 Å². The van der Waals surface area contributed by atoms with Gasteiger partial charge < -0.3 is 16.2 Å². The molecule has 0 fully saturated rings. The van der Waals surface area contributed by atoms with Gasteiger partial charge in [0, 0.05) is 18.0 Å². The van der Waals surface area contributed by atoms with Crippen LogP contribution in [0.3, 0.4) is 0 Å². The Kier molecular flexibility index (Phi) is 3.43. The van der Waals surface area contributed by atoms with Gasteiger partial charge >= 0.3 is 0 Å². The second-order valence-corrected chi connectivity index (χ2v) is 4.62. The number of aromatic nitrogens is 1. The van der Waals surface area contributed by atoms with Crippen molar-refractivity contribution in [2.75, 3.05) is 11.5 Å². The Bertz CT molecular complexity index is 740. The molecule has 0 aliphatic heterocycles. The van der Waals surface area contributed by atoms with E-state index in [0.29, 0.717) is 11.4 Å². The molecule has 1 aromatic heterocycles. The summed E-state index contributed by atoms with van der Waals surface area (Å²) in [5, 5.41) is 0. The van der Waals surface area contributed by atoms with Crippen LogP contribution in [0.5, 0.6) is 11.5 Å². The summed E-state index contributed by atoms with van der Waals surface area (Å²) in [6.07, 6.45) is 3.38. The molecule has 0 unspecified atom stereocenters. The molecule has 0 spiro atoms. The number of nitrogens with zero attached hydrogens (tertiary/aromatic N) is 1. The van der Waals surface area contributed by atoms with Crippen LogP contribution >= 0.6 is 0 Å². The average molecular weight is 277 g/mol. The van der Waals surface area contributed by atoms with Crippen molar-refractivity contribution in [3.05, 3.63) is 67.0 Å². The molecule has 4 N–H and O–H groups in total. The number of pyridine rings is 1. The summed E-state index contributed by atoms with van der Waals surface area (Å²) in [4.78, 5) is 3.95. The molecule has 2 aromatic carbocycles. The zero-order valence-electron chi connectivity index (χ0n) is 11.4. The highest BCUT2D eigenvalue weighted by Crippen LogP contribution is 2.31. The Balaban J connectivity index is 1.86. The van der Waals surface area contributed by atoms with Crippen molar-refractivity contribution in [2.45, 2.75) is 0 Å². The highest BCUT2D eigenvalue weighted by atomic mass is 16.5. The van der Waals surface area contributed by atoms with Crippen molar-refractivity contribution in [1.29, 1.82) is 0 Å². The van der Waals surface area contributed by atoms with Crippen molar-refractivity contribution in [2.24, 2.45) is 0 Å². The molecule has 0 bridgehead atoms. The largest absolute Gasteiger partial charge is 0.457 e. The van der Waals surface area contributed by atoms with Gasteiger partial charge in [-0.05, 0) is 35.9 Å². The summed E-state index contributed by atoms with van der Waals surface area (Å²) in [7, 11) is 0. The van der Waals surface area contributed by atoms with Crippen molar-refractivity contribution in [3.63, 3.8) is 0 Å². The highest BCUT2D eigenvalue weighted by molar-refractivity contribution is 5.84. The third-order valence-corrected chi connectivity index (χ3v) is 3.19. The molecule has 21 heavy (non-hydrogen) atoms. The molecule has 3 aromatic rings. The average Bonchev–Trinajstić information content (AvgIpc) is 2.52. The van der Waals surface area contributed by atoms with E-state index in [-0.39, 0.29) is 0 Å². The first-order valence-corrected chi connectivity index (χ1v) is 6.56. The predicted octanol–water partition coefficient (Wildman–Crippen LogP) is 3.71. The van der Waals surface area contributed by atoms with E-state index in [2.05, 4.69) is 4.98 Å². The quantitative estimate of drug-likeness (QED) is 0.716. The highest BCUT2D eigenvalue weighted by Gasteiger charge is 2.05. The van der Waals surface area contributed by atoms with Crippen LogP contribution in [0.4, 0.5) is 11.4 Å². The minimum atomic E-state index is 0.588. The molecular formula is C17H15N3O. The van der Waals surface area contributed by atoms with Crippen molar-refractivity contribution in [3.8, 4) is 22.6 Å². The second kappa shape index (κ2) is 5.54. The van der Waals surface area contributed by atoms with E-state index in [9.17, 15) is 0 Å². The summed E-state index contributed by atoms with van der Waals surface area (Å²) in [6.45, 7) is 0. The summed E-state index contributed by atoms with van der Waals surface area (Å²) in [5.41, 5.74) is 15.0. The van der Waals surface area contributed by atoms with Gasteiger partial charge in [0.15, 0.2) is 0 Å². The summed E-state index contributed by atoms with van der Waals surface area (Å²) in [5.74, 6) is 1.51. The van der Waals surface area contributed by atoms with Crippen LogP contribution in [0, 0.1) is 0 Å². The van der Waals surface area contributed by atoms with Crippen LogP contribution in [0.25, 0.3) is 11.1 Å². The van der Waals surface area contributed by atoms with E-state index < -0.39 is 0 Å². The molecule has 0 saturated carbocycles. The van der Waals surface area contributed by atoms with E-state index in [1.54, 1.807) is 18.5 Å². The van der Waals surface area contributed by atoms with Gasteiger partial charge in [-0.2, -0.15) is 0 Å². The lowest BCUT2D eigenvalue weighted by Gasteiger charge is -2.10. The number of hydrogen-bond donors (Lipinski definition) is 2. The molecule has 0 radical (unpaired) electrons. The fourth-order valence-electron chi connectivity index (χ4n) is 2.08. The topological polar surface area (TPSA) is 74.2 Å². The summed E-state index contributed by atoms with van der Waals surface area (Å²) in [6, 6.07) is 17.0. The molecular weight excluding hydrogens is 262 g/mol. The van der Waals surface area contributed by atoms with E-state index in [1.807, 2.05) is 48.5 Å². The Morgan fingerprint density at radius 2 is 1.43 bits per heavy atom. The van der Waals surface area contributed by atoms with Crippen LogP contribution in [-0.4, -0.2) is 4.98 Å². The molecule has 4 nitrogen and oxygen atoms in total. The van der Waals surface area contributed by atoms with Gasteiger partial charge in [0.2, 0.25) is 0 Å². The molecule has 0 atom stereocenters. The molecule has 0 aliphatic carbocycles. The zero-order chi connectivity index (χ0) is 14.7. The zero-order valence-corrected chi connectivity index (χ0v) is 11.4. The minimum absolute atomic E-state index is 0.588. The van der Waals surface area contributed by atoms with Crippen molar-refractivity contribution >= 4 is 11.4 Å². The number of benzene rings is 2. The third-order valence-electron chi connectivity index (χ3n) is 3.19. The maximum atomic E-state index is 6.01. The van der Waals surface area contributed by atoms with Crippen LogP contribution in [-0.2, 0) is 0 Å². The molecule has 0 saturated heterocycles. The third kappa shape index (κ3) is 2.79. The van der Waals surface area contributed by atoms with E-state index >= 15 is 0 Å². The fraction of sp³-hybridized carbons (Fsp3) is 0. The summed E-state index contributed by atoms with van der Waals surface area (Å²) >= 11 is 0. The Morgan fingerprint density at radius 1 is 0.762 bits per heavy atom. The second-order valence-electron chi connectivity index (χ2n) is 4.62. The lowest BCUT2D eigenvalue weighted by atomic mass is 10.0. The Labute approximate surface area is 123 Å².